The van der Waals surface area contributed by atoms with Crippen molar-refractivity contribution in [3.8, 4) is 0 Å². The highest BCUT2D eigenvalue weighted by molar-refractivity contribution is 5.86. The summed E-state index contributed by atoms with van der Waals surface area (Å²) in [5.41, 5.74) is 1.68. The molecular weight excluding hydrogens is 280 g/mol. The molecule has 0 unspecified atom stereocenters. The number of amides is 1. The number of hydrogen-bond acceptors (Lipinski definition) is 2. The number of aromatic nitrogens is 1. The Morgan fingerprint density at radius 3 is 2.59 bits per heavy atom. The molecule has 0 aliphatic carbocycles. The van der Waals surface area contributed by atoms with E-state index in [2.05, 4.69) is 10.3 Å². The molecule has 5 heteroatoms. The van der Waals surface area contributed by atoms with Crippen LogP contribution in [0.3, 0.4) is 0 Å². The van der Waals surface area contributed by atoms with E-state index in [0.29, 0.717) is 6.42 Å². The molecule has 1 amide bonds. The standard InChI is InChI=1S/C17H22N2O3/c1-17(2,3)9-15(20)19-14(16(21)22)8-11-10-18-13-7-5-4-6-12(11)13/h4-7,10,14,18H,8-9H2,1-3H3,(H,19,20)(H,21,22)/t14-/m0/s1. The molecule has 2 rings (SSSR count). The van der Waals surface area contributed by atoms with E-state index in [9.17, 15) is 14.7 Å². The number of carboxylic acids is 1. The van der Waals surface area contributed by atoms with Gasteiger partial charge in [0.2, 0.25) is 5.91 Å². The molecule has 1 aromatic carbocycles. The molecular formula is C17H22N2O3. The van der Waals surface area contributed by atoms with Crippen LogP contribution in [0.2, 0.25) is 0 Å². The second-order valence-corrected chi connectivity index (χ2v) is 6.76. The van der Waals surface area contributed by atoms with Gasteiger partial charge in [0, 0.05) is 29.9 Å². The molecule has 0 saturated carbocycles. The number of H-pyrrole nitrogens is 1. The van der Waals surface area contributed by atoms with E-state index in [-0.39, 0.29) is 17.7 Å². The van der Waals surface area contributed by atoms with E-state index in [4.69, 9.17) is 0 Å². The summed E-state index contributed by atoms with van der Waals surface area (Å²) >= 11 is 0. The summed E-state index contributed by atoms with van der Waals surface area (Å²) in [6.07, 6.45) is 2.36. The van der Waals surface area contributed by atoms with E-state index < -0.39 is 12.0 Å². The predicted molar refractivity (Wildman–Crippen MR) is 85.6 cm³/mol. The van der Waals surface area contributed by atoms with Crippen molar-refractivity contribution in [3.05, 3.63) is 36.0 Å². The third-order valence-corrected chi connectivity index (χ3v) is 3.42. The third kappa shape index (κ3) is 4.10. The van der Waals surface area contributed by atoms with Gasteiger partial charge >= 0.3 is 5.97 Å². The monoisotopic (exact) mass is 302 g/mol. The fourth-order valence-corrected chi connectivity index (χ4v) is 2.45. The smallest absolute Gasteiger partial charge is 0.326 e. The van der Waals surface area contributed by atoms with Crippen molar-refractivity contribution in [3.63, 3.8) is 0 Å². The number of aromatic amines is 1. The molecule has 0 aliphatic rings. The fourth-order valence-electron chi connectivity index (χ4n) is 2.45. The molecule has 5 nitrogen and oxygen atoms in total. The van der Waals surface area contributed by atoms with Crippen molar-refractivity contribution >= 4 is 22.8 Å². The molecule has 3 N–H and O–H groups in total. The lowest BCUT2D eigenvalue weighted by atomic mass is 9.91. The number of fused-ring (bicyclic) bond motifs is 1. The molecule has 1 heterocycles. The second-order valence-electron chi connectivity index (χ2n) is 6.76. The Kier molecular flexibility index (Phi) is 4.54. The van der Waals surface area contributed by atoms with Crippen molar-refractivity contribution < 1.29 is 14.7 Å². The van der Waals surface area contributed by atoms with Crippen LogP contribution in [0.1, 0.15) is 32.8 Å². The van der Waals surface area contributed by atoms with Crippen molar-refractivity contribution in [2.45, 2.75) is 39.7 Å². The van der Waals surface area contributed by atoms with Crippen molar-refractivity contribution in [2.24, 2.45) is 5.41 Å². The summed E-state index contributed by atoms with van der Waals surface area (Å²) in [5, 5.41) is 13.0. The van der Waals surface area contributed by atoms with Gasteiger partial charge in [0.25, 0.3) is 0 Å². The van der Waals surface area contributed by atoms with Crippen LogP contribution in [-0.4, -0.2) is 28.0 Å². The van der Waals surface area contributed by atoms with Gasteiger partial charge in [0.15, 0.2) is 0 Å². The van der Waals surface area contributed by atoms with Gasteiger partial charge in [0.1, 0.15) is 6.04 Å². The summed E-state index contributed by atoms with van der Waals surface area (Å²) in [6, 6.07) is 6.79. The summed E-state index contributed by atoms with van der Waals surface area (Å²) in [6.45, 7) is 5.84. The molecule has 0 fully saturated rings. The number of carbonyl (C=O) groups is 2. The Hall–Kier alpha value is -2.30. The van der Waals surface area contributed by atoms with Gasteiger partial charge < -0.3 is 15.4 Å². The molecule has 0 bridgehead atoms. The van der Waals surface area contributed by atoms with Gasteiger partial charge in [-0.3, -0.25) is 4.79 Å². The summed E-state index contributed by atoms with van der Waals surface area (Å²) in [7, 11) is 0. The normalized spacial score (nSPS) is 13.0. The zero-order valence-corrected chi connectivity index (χ0v) is 13.1. The molecule has 0 saturated heterocycles. The lowest BCUT2D eigenvalue weighted by molar-refractivity contribution is -0.142. The largest absolute Gasteiger partial charge is 0.480 e. The minimum Gasteiger partial charge on any atom is -0.480 e. The number of carbonyl (C=O) groups excluding carboxylic acids is 1. The third-order valence-electron chi connectivity index (χ3n) is 3.42. The van der Waals surface area contributed by atoms with Gasteiger partial charge in [-0.1, -0.05) is 39.0 Å². The molecule has 2 aromatic rings. The second kappa shape index (κ2) is 6.22. The number of para-hydroxylation sites is 1. The maximum Gasteiger partial charge on any atom is 0.326 e. The van der Waals surface area contributed by atoms with E-state index in [1.165, 1.54) is 0 Å². The topological polar surface area (TPSA) is 82.2 Å². The average molecular weight is 302 g/mol. The van der Waals surface area contributed by atoms with E-state index in [1.807, 2.05) is 45.0 Å². The van der Waals surface area contributed by atoms with E-state index >= 15 is 0 Å². The Balaban J connectivity index is 2.12. The van der Waals surface area contributed by atoms with Crippen molar-refractivity contribution in [1.29, 1.82) is 0 Å². The Morgan fingerprint density at radius 2 is 1.95 bits per heavy atom. The van der Waals surface area contributed by atoms with Crippen LogP contribution in [0, 0.1) is 5.41 Å². The van der Waals surface area contributed by atoms with Gasteiger partial charge in [-0.2, -0.15) is 0 Å². The maximum atomic E-state index is 12.0. The van der Waals surface area contributed by atoms with Gasteiger partial charge in [-0.25, -0.2) is 4.79 Å². The Labute approximate surface area is 129 Å². The Bertz CT molecular complexity index is 683. The highest BCUT2D eigenvalue weighted by Gasteiger charge is 2.24. The number of rotatable bonds is 5. The lowest BCUT2D eigenvalue weighted by Gasteiger charge is -2.20. The number of carboxylic acid groups (broad SMARTS) is 1. The van der Waals surface area contributed by atoms with Crippen LogP contribution in [0.25, 0.3) is 10.9 Å². The van der Waals surface area contributed by atoms with Crippen LogP contribution in [0.15, 0.2) is 30.5 Å². The first-order chi connectivity index (χ1) is 10.3. The molecule has 1 aromatic heterocycles. The maximum absolute atomic E-state index is 12.0. The Morgan fingerprint density at radius 1 is 1.27 bits per heavy atom. The molecule has 0 radical (unpaired) electrons. The summed E-state index contributed by atoms with van der Waals surface area (Å²) < 4.78 is 0. The van der Waals surface area contributed by atoms with Gasteiger partial charge in [-0.05, 0) is 17.0 Å². The van der Waals surface area contributed by atoms with E-state index in [1.54, 1.807) is 6.20 Å². The first kappa shape index (κ1) is 16.1. The highest BCUT2D eigenvalue weighted by Crippen LogP contribution is 2.20. The minimum atomic E-state index is -1.02. The van der Waals surface area contributed by atoms with Crippen LogP contribution < -0.4 is 5.32 Å². The van der Waals surface area contributed by atoms with Crippen molar-refractivity contribution in [1.82, 2.24) is 10.3 Å². The number of nitrogens with one attached hydrogen (secondary N) is 2. The summed E-state index contributed by atoms with van der Waals surface area (Å²) in [4.78, 5) is 26.5. The van der Waals surface area contributed by atoms with Gasteiger partial charge in [0.05, 0.1) is 0 Å². The van der Waals surface area contributed by atoms with Crippen LogP contribution >= 0.6 is 0 Å². The quantitative estimate of drug-likeness (QED) is 0.794. The molecule has 1 atom stereocenters. The molecule has 0 spiro atoms. The summed E-state index contributed by atoms with van der Waals surface area (Å²) in [5.74, 6) is -1.26. The van der Waals surface area contributed by atoms with E-state index in [0.717, 1.165) is 16.5 Å². The predicted octanol–water partition coefficient (Wildman–Crippen LogP) is 2.72. The zero-order valence-electron chi connectivity index (χ0n) is 13.1. The van der Waals surface area contributed by atoms with Crippen LogP contribution in [0.4, 0.5) is 0 Å². The number of hydrogen-bond donors (Lipinski definition) is 3. The van der Waals surface area contributed by atoms with Gasteiger partial charge in [-0.15, -0.1) is 0 Å². The zero-order chi connectivity index (χ0) is 16.3. The molecule has 0 aliphatic heterocycles. The lowest BCUT2D eigenvalue weighted by Crippen LogP contribution is -2.43. The molecule has 118 valence electrons. The molecule has 22 heavy (non-hydrogen) atoms. The number of benzene rings is 1. The average Bonchev–Trinajstić information content (AvgIpc) is 2.79. The number of aliphatic carboxylic acids is 1. The fraction of sp³-hybridized carbons (Fsp3) is 0.412. The van der Waals surface area contributed by atoms with Crippen LogP contribution in [-0.2, 0) is 16.0 Å². The van der Waals surface area contributed by atoms with Crippen molar-refractivity contribution in [2.75, 3.05) is 0 Å². The first-order valence-electron chi connectivity index (χ1n) is 7.33. The highest BCUT2D eigenvalue weighted by atomic mass is 16.4. The van der Waals surface area contributed by atoms with Crippen LogP contribution in [0.5, 0.6) is 0 Å². The minimum absolute atomic E-state index is 0.173. The SMILES string of the molecule is CC(C)(C)CC(=O)N[C@@H](Cc1c[nH]c2ccccc12)C(=O)O. The first-order valence-corrected chi connectivity index (χ1v) is 7.33.